The second kappa shape index (κ2) is 8.42. The summed E-state index contributed by atoms with van der Waals surface area (Å²) < 4.78 is 5.44. The first kappa shape index (κ1) is 22.2. The molecule has 1 saturated carbocycles. The second-order valence-corrected chi connectivity index (χ2v) is 10.8. The van der Waals surface area contributed by atoms with Gasteiger partial charge in [0.1, 0.15) is 0 Å². The molecule has 3 aromatic heterocycles. The zero-order valence-corrected chi connectivity index (χ0v) is 20.5. The third-order valence-corrected chi connectivity index (χ3v) is 7.06. The molecule has 1 aliphatic heterocycles. The van der Waals surface area contributed by atoms with Crippen molar-refractivity contribution in [2.75, 3.05) is 18.4 Å². The van der Waals surface area contributed by atoms with Gasteiger partial charge in [-0.2, -0.15) is 10.1 Å². The lowest BCUT2D eigenvalue weighted by Crippen LogP contribution is -2.28. The van der Waals surface area contributed by atoms with Gasteiger partial charge in [0, 0.05) is 29.7 Å². The Morgan fingerprint density at radius 2 is 1.97 bits per heavy atom. The van der Waals surface area contributed by atoms with Gasteiger partial charge in [0.15, 0.2) is 17.3 Å². The summed E-state index contributed by atoms with van der Waals surface area (Å²) in [6, 6.07) is 11.3. The molecule has 2 fully saturated rings. The Hall–Kier alpha value is -3.30. The maximum Gasteiger partial charge on any atom is 0.232 e. The van der Waals surface area contributed by atoms with Crippen LogP contribution in [-0.4, -0.2) is 44.5 Å². The van der Waals surface area contributed by atoms with Crippen molar-refractivity contribution in [1.29, 1.82) is 0 Å². The first-order valence-electron chi connectivity index (χ1n) is 12.4. The van der Waals surface area contributed by atoms with E-state index in [1.807, 2.05) is 6.20 Å². The fourth-order valence-electron chi connectivity index (χ4n) is 4.81. The summed E-state index contributed by atoms with van der Waals surface area (Å²) in [5.41, 5.74) is 4.20. The number of fused-ring (bicyclic) bond motifs is 1. The number of pyridine rings is 1. The molecule has 1 atom stereocenters. The molecule has 4 heterocycles. The largest absolute Gasteiger partial charge is 0.364 e. The number of anilines is 1. The van der Waals surface area contributed by atoms with E-state index in [2.05, 4.69) is 92.4 Å². The molecule has 4 aromatic rings. The van der Waals surface area contributed by atoms with Crippen LogP contribution in [-0.2, 0) is 17.5 Å². The van der Waals surface area contributed by atoms with Crippen LogP contribution in [0.3, 0.4) is 0 Å². The highest BCUT2D eigenvalue weighted by Crippen LogP contribution is 2.46. The quantitative estimate of drug-likeness (QED) is 0.320. The van der Waals surface area contributed by atoms with E-state index in [4.69, 9.17) is 4.52 Å². The van der Waals surface area contributed by atoms with Crippen molar-refractivity contribution < 1.29 is 4.52 Å². The maximum atomic E-state index is 5.44. The Kier molecular flexibility index (Phi) is 5.34. The predicted molar refractivity (Wildman–Crippen MR) is 135 cm³/mol. The van der Waals surface area contributed by atoms with Gasteiger partial charge in [-0.05, 0) is 48.6 Å². The Morgan fingerprint density at radius 1 is 1.14 bits per heavy atom. The minimum atomic E-state index is -0.144. The minimum Gasteiger partial charge on any atom is -0.364 e. The predicted octanol–water partition coefficient (Wildman–Crippen LogP) is 3.86. The highest BCUT2D eigenvalue weighted by Gasteiger charge is 2.44. The Balaban J connectivity index is 1.21. The SMILES string of the molecule is CC(C)(C)c1nc(CNC2(c3ccc(-c4ccnc5[nH]nc(N[C@@H]6CCNC6)c45)cc3)CC2)no1. The molecule has 0 radical (unpaired) electrons. The number of hydrogen-bond donors (Lipinski definition) is 4. The molecule has 9 nitrogen and oxygen atoms in total. The molecule has 1 aliphatic carbocycles. The molecule has 0 bridgehead atoms. The standard InChI is InChI=1S/C26H32N8O/c1-25(2,3)24-31-20(34-35-24)15-29-26(10-11-26)17-6-4-16(5-7-17)19-9-13-28-22-21(19)23(33-32-22)30-18-8-12-27-14-18/h4-7,9,13,18,27,29H,8,10-12,14-15H2,1-3H3,(H2,28,30,32,33)/t18-/m1/s1. The van der Waals surface area contributed by atoms with Gasteiger partial charge in [-0.1, -0.05) is 50.2 Å². The van der Waals surface area contributed by atoms with Crippen LogP contribution in [0.4, 0.5) is 5.82 Å². The molecule has 35 heavy (non-hydrogen) atoms. The van der Waals surface area contributed by atoms with E-state index in [0.717, 1.165) is 60.3 Å². The first-order chi connectivity index (χ1) is 16.9. The van der Waals surface area contributed by atoms with Crippen molar-refractivity contribution in [2.45, 2.75) is 63.6 Å². The van der Waals surface area contributed by atoms with E-state index in [9.17, 15) is 0 Å². The van der Waals surface area contributed by atoms with Gasteiger partial charge in [-0.15, -0.1) is 0 Å². The Bertz CT molecular complexity index is 1320. The lowest BCUT2D eigenvalue weighted by atomic mass is 9.97. The number of benzene rings is 1. The van der Waals surface area contributed by atoms with E-state index in [1.54, 1.807) is 0 Å². The van der Waals surface area contributed by atoms with Crippen molar-refractivity contribution in [2.24, 2.45) is 0 Å². The molecular formula is C26H32N8O. The number of hydrogen-bond acceptors (Lipinski definition) is 8. The van der Waals surface area contributed by atoms with Gasteiger partial charge in [0.2, 0.25) is 5.89 Å². The van der Waals surface area contributed by atoms with Crippen LogP contribution < -0.4 is 16.0 Å². The topological polar surface area (TPSA) is 117 Å². The van der Waals surface area contributed by atoms with Crippen LogP contribution in [0.2, 0.25) is 0 Å². The van der Waals surface area contributed by atoms with Gasteiger partial charge in [-0.3, -0.25) is 5.10 Å². The molecule has 4 N–H and O–H groups in total. The van der Waals surface area contributed by atoms with Crippen molar-refractivity contribution in [1.82, 2.24) is 36.0 Å². The molecular weight excluding hydrogens is 440 g/mol. The summed E-state index contributed by atoms with van der Waals surface area (Å²) >= 11 is 0. The van der Waals surface area contributed by atoms with Gasteiger partial charge < -0.3 is 20.5 Å². The number of nitrogens with one attached hydrogen (secondary N) is 4. The van der Waals surface area contributed by atoms with Gasteiger partial charge >= 0.3 is 0 Å². The number of rotatable bonds is 7. The smallest absolute Gasteiger partial charge is 0.232 e. The van der Waals surface area contributed by atoms with E-state index >= 15 is 0 Å². The van der Waals surface area contributed by atoms with Crippen molar-refractivity contribution >= 4 is 16.9 Å². The van der Waals surface area contributed by atoms with Crippen LogP contribution in [0.1, 0.15) is 57.3 Å². The molecule has 0 amide bonds. The molecule has 0 spiro atoms. The van der Waals surface area contributed by atoms with Crippen LogP contribution >= 0.6 is 0 Å². The van der Waals surface area contributed by atoms with Crippen molar-refractivity contribution in [3.63, 3.8) is 0 Å². The average molecular weight is 473 g/mol. The minimum absolute atomic E-state index is 0.0214. The molecule has 1 saturated heterocycles. The Labute approximate surface area is 204 Å². The normalized spacial score (nSPS) is 19.3. The number of aromatic nitrogens is 5. The third kappa shape index (κ3) is 4.30. The highest BCUT2D eigenvalue weighted by atomic mass is 16.5. The first-order valence-corrected chi connectivity index (χ1v) is 12.4. The number of nitrogens with zero attached hydrogens (tertiary/aromatic N) is 4. The summed E-state index contributed by atoms with van der Waals surface area (Å²) in [6.45, 7) is 8.81. The zero-order valence-electron chi connectivity index (χ0n) is 20.5. The molecule has 9 heteroatoms. The van der Waals surface area contributed by atoms with Gasteiger partial charge in [0.25, 0.3) is 0 Å². The summed E-state index contributed by atoms with van der Waals surface area (Å²) in [7, 11) is 0. The van der Waals surface area contributed by atoms with Gasteiger partial charge in [-0.25, -0.2) is 4.98 Å². The van der Waals surface area contributed by atoms with Crippen molar-refractivity contribution in [3.8, 4) is 11.1 Å². The number of aromatic amines is 1. The zero-order chi connectivity index (χ0) is 24.0. The third-order valence-electron chi connectivity index (χ3n) is 7.06. The van der Waals surface area contributed by atoms with Crippen LogP contribution in [0.15, 0.2) is 41.1 Å². The second-order valence-electron chi connectivity index (χ2n) is 10.8. The Morgan fingerprint density at radius 3 is 2.66 bits per heavy atom. The van der Waals surface area contributed by atoms with E-state index in [0.29, 0.717) is 24.3 Å². The van der Waals surface area contributed by atoms with Gasteiger partial charge in [0.05, 0.1) is 11.9 Å². The van der Waals surface area contributed by atoms with E-state index in [1.165, 1.54) is 5.56 Å². The lowest BCUT2D eigenvalue weighted by Gasteiger charge is -2.18. The monoisotopic (exact) mass is 472 g/mol. The summed E-state index contributed by atoms with van der Waals surface area (Å²) in [5, 5.41) is 23.5. The fraction of sp³-hybridized carbons (Fsp3) is 0.462. The highest BCUT2D eigenvalue weighted by molar-refractivity contribution is 6.00. The molecule has 0 unspecified atom stereocenters. The van der Waals surface area contributed by atoms with Crippen LogP contribution in [0.25, 0.3) is 22.2 Å². The average Bonchev–Trinajstić information content (AvgIpc) is 3.23. The van der Waals surface area contributed by atoms with Crippen LogP contribution in [0.5, 0.6) is 0 Å². The number of H-pyrrole nitrogens is 1. The molecule has 2 aliphatic rings. The van der Waals surface area contributed by atoms with E-state index in [-0.39, 0.29) is 11.0 Å². The van der Waals surface area contributed by atoms with Crippen LogP contribution in [0, 0.1) is 0 Å². The molecule has 182 valence electrons. The fourth-order valence-corrected chi connectivity index (χ4v) is 4.81. The summed E-state index contributed by atoms with van der Waals surface area (Å²) in [5.74, 6) is 2.25. The summed E-state index contributed by atoms with van der Waals surface area (Å²) in [4.78, 5) is 9.06. The molecule has 1 aromatic carbocycles. The maximum absolute atomic E-state index is 5.44. The van der Waals surface area contributed by atoms with Crippen molar-refractivity contribution in [3.05, 3.63) is 53.8 Å². The van der Waals surface area contributed by atoms with E-state index < -0.39 is 0 Å². The lowest BCUT2D eigenvalue weighted by molar-refractivity contribution is 0.317. The summed E-state index contributed by atoms with van der Waals surface area (Å²) in [6.07, 6.45) is 5.13. The molecule has 6 rings (SSSR count).